The van der Waals surface area contributed by atoms with Gasteiger partial charge in [-0.3, -0.25) is 0 Å². The van der Waals surface area contributed by atoms with Crippen LogP contribution >= 0.6 is 0 Å². The lowest BCUT2D eigenvalue weighted by molar-refractivity contribution is 0.0802. The number of piperazine rings is 1. The molecular weight excluding hydrogens is 496 g/mol. The number of hydrogen-bond acceptors (Lipinski definition) is 8. The maximum absolute atomic E-state index is 11.9. The molecule has 1 aliphatic rings. The Morgan fingerprint density at radius 3 is 2.47 bits per heavy atom. The van der Waals surface area contributed by atoms with E-state index in [1.165, 1.54) is 10.6 Å². The molecular formula is C24H36N6O4SSi. The Morgan fingerprint density at radius 1 is 1.06 bits per heavy atom. The first-order chi connectivity index (χ1) is 17.0. The molecule has 0 spiro atoms. The molecule has 12 heteroatoms. The zero-order valence-electron chi connectivity index (χ0n) is 21.8. The highest BCUT2D eigenvalue weighted by Crippen LogP contribution is 2.32. The van der Waals surface area contributed by atoms with Crippen molar-refractivity contribution in [3.05, 3.63) is 30.6 Å². The van der Waals surface area contributed by atoms with Crippen LogP contribution in [0.25, 0.3) is 22.3 Å². The van der Waals surface area contributed by atoms with Crippen LogP contribution in [-0.4, -0.2) is 86.2 Å². The smallest absolute Gasteiger partial charge is 0.211 e. The van der Waals surface area contributed by atoms with Gasteiger partial charge in [0.05, 0.1) is 29.8 Å². The number of nitrogens with zero attached hydrogens (tertiary/aromatic N) is 6. The monoisotopic (exact) mass is 532 g/mol. The second kappa shape index (κ2) is 10.8. The Morgan fingerprint density at radius 2 is 1.81 bits per heavy atom. The average molecular weight is 533 g/mol. The van der Waals surface area contributed by atoms with Gasteiger partial charge in [0, 0.05) is 52.3 Å². The Balaban J connectivity index is 1.64. The molecule has 0 radical (unpaired) electrons. The number of rotatable bonds is 10. The fourth-order valence-corrected chi connectivity index (χ4v) is 5.74. The zero-order chi connectivity index (χ0) is 25.9. The molecule has 36 heavy (non-hydrogen) atoms. The van der Waals surface area contributed by atoms with Crippen molar-refractivity contribution in [2.45, 2.75) is 39.3 Å². The Bertz CT molecular complexity index is 1300. The third-order valence-corrected chi connectivity index (χ3v) is 9.16. The van der Waals surface area contributed by atoms with E-state index in [0.717, 1.165) is 39.9 Å². The van der Waals surface area contributed by atoms with Crippen LogP contribution in [0.4, 0.5) is 5.82 Å². The predicted octanol–water partition coefficient (Wildman–Crippen LogP) is 3.29. The normalized spacial score (nSPS) is 15.5. The Kier molecular flexibility index (Phi) is 7.98. The number of anilines is 1. The third kappa shape index (κ3) is 6.41. The first-order valence-corrected chi connectivity index (χ1v) is 17.8. The molecule has 1 saturated heterocycles. The van der Waals surface area contributed by atoms with Gasteiger partial charge in [-0.25, -0.2) is 23.1 Å². The summed E-state index contributed by atoms with van der Waals surface area (Å²) in [6.45, 7) is 12.5. The van der Waals surface area contributed by atoms with Crippen LogP contribution in [0.5, 0.6) is 5.75 Å². The summed E-state index contributed by atoms with van der Waals surface area (Å²) in [6, 6.07) is 8.89. The van der Waals surface area contributed by atoms with Gasteiger partial charge in [-0.15, -0.1) is 0 Å². The van der Waals surface area contributed by atoms with Crippen LogP contribution in [0.3, 0.4) is 0 Å². The lowest BCUT2D eigenvalue weighted by atomic mass is 10.1. The van der Waals surface area contributed by atoms with Gasteiger partial charge in [0.15, 0.2) is 0 Å². The van der Waals surface area contributed by atoms with Gasteiger partial charge in [0.1, 0.15) is 24.6 Å². The van der Waals surface area contributed by atoms with E-state index in [0.29, 0.717) is 46.1 Å². The number of aromatic nitrogens is 4. The predicted molar refractivity (Wildman–Crippen MR) is 145 cm³/mol. The van der Waals surface area contributed by atoms with E-state index in [2.05, 4.69) is 34.5 Å². The van der Waals surface area contributed by atoms with Crippen LogP contribution in [-0.2, 0) is 21.5 Å². The van der Waals surface area contributed by atoms with Gasteiger partial charge in [-0.05, 0) is 31.2 Å². The van der Waals surface area contributed by atoms with E-state index in [9.17, 15) is 8.42 Å². The van der Waals surface area contributed by atoms with E-state index in [1.54, 1.807) is 6.33 Å². The van der Waals surface area contributed by atoms with Crippen LogP contribution in [0.15, 0.2) is 30.6 Å². The molecule has 2 aromatic heterocycles. The molecule has 0 bridgehead atoms. The molecule has 10 nitrogen and oxygen atoms in total. The van der Waals surface area contributed by atoms with Gasteiger partial charge in [0.25, 0.3) is 0 Å². The molecule has 0 saturated carbocycles. The van der Waals surface area contributed by atoms with Gasteiger partial charge in [-0.1, -0.05) is 19.6 Å². The van der Waals surface area contributed by atoms with Crippen molar-refractivity contribution in [3.63, 3.8) is 0 Å². The molecule has 1 aromatic carbocycles. The van der Waals surface area contributed by atoms with Crippen molar-refractivity contribution < 1.29 is 17.9 Å². The fraction of sp³-hybridized carbons (Fsp3) is 0.542. The van der Waals surface area contributed by atoms with E-state index in [4.69, 9.17) is 14.6 Å². The summed E-state index contributed by atoms with van der Waals surface area (Å²) in [4.78, 5) is 11.2. The second-order valence-corrected chi connectivity index (χ2v) is 17.8. The van der Waals surface area contributed by atoms with Crippen LogP contribution in [0.2, 0.25) is 25.7 Å². The number of benzene rings is 1. The summed E-state index contributed by atoms with van der Waals surface area (Å²) in [5.41, 5.74) is 2.41. The Labute approximate surface area is 214 Å². The molecule has 3 aromatic rings. The lowest BCUT2D eigenvalue weighted by Crippen LogP contribution is -2.48. The molecule has 0 aliphatic carbocycles. The number of ether oxygens (including phenoxy) is 2. The van der Waals surface area contributed by atoms with Crippen molar-refractivity contribution in [2.24, 2.45) is 0 Å². The first kappa shape index (κ1) is 26.5. The van der Waals surface area contributed by atoms with Crippen molar-refractivity contribution in [2.75, 3.05) is 50.5 Å². The molecule has 0 amide bonds. The highest BCUT2D eigenvalue weighted by Gasteiger charge is 2.25. The summed E-state index contributed by atoms with van der Waals surface area (Å²) in [5, 5.41) is 5.74. The third-order valence-electron chi connectivity index (χ3n) is 6.16. The summed E-state index contributed by atoms with van der Waals surface area (Å²) in [6.07, 6.45) is 2.80. The molecule has 196 valence electrons. The average Bonchev–Trinajstić information content (AvgIpc) is 3.19. The Hall–Kier alpha value is -2.54. The van der Waals surface area contributed by atoms with E-state index in [1.807, 2.05) is 35.9 Å². The van der Waals surface area contributed by atoms with Crippen molar-refractivity contribution in [3.8, 4) is 17.1 Å². The van der Waals surface area contributed by atoms with Crippen LogP contribution in [0, 0.1) is 0 Å². The number of hydrogen-bond donors (Lipinski definition) is 0. The SMILES string of the molecule is CCOc1ccc2nn(COCC[Si](C)(C)C)c(-c3cc(N4CCN(S(C)(=O)=O)CC4)ncn3)c2c1. The largest absolute Gasteiger partial charge is 0.494 e. The van der Waals surface area contributed by atoms with Gasteiger partial charge >= 0.3 is 0 Å². The highest BCUT2D eigenvalue weighted by molar-refractivity contribution is 7.88. The van der Waals surface area contributed by atoms with E-state index in [-0.39, 0.29) is 0 Å². The van der Waals surface area contributed by atoms with Gasteiger partial charge in [0.2, 0.25) is 10.0 Å². The van der Waals surface area contributed by atoms with E-state index >= 15 is 0 Å². The molecule has 0 atom stereocenters. The molecule has 1 fully saturated rings. The maximum Gasteiger partial charge on any atom is 0.211 e. The summed E-state index contributed by atoms with van der Waals surface area (Å²) < 4.78 is 38.9. The second-order valence-electron chi connectivity index (χ2n) is 10.2. The van der Waals surface area contributed by atoms with Crippen molar-refractivity contribution in [1.29, 1.82) is 0 Å². The van der Waals surface area contributed by atoms with Gasteiger partial charge in [-0.2, -0.15) is 9.40 Å². The number of fused-ring (bicyclic) bond motifs is 1. The quantitative estimate of drug-likeness (QED) is 0.290. The van der Waals surface area contributed by atoms with Crippen molar-refractivity contribution in [1.82, 2.24) is 24.1 Å². The standard InChI is InChI=1S/C24H36N6O4SSi/c1-6-34-19-7-8-21-20(15-19)24(30(27-21)18-33-13-14-36(3,4)5)22-16-23(26-17-25-22)28-9-11-29(12-10-28)35(2,31)32/h7-8,15-17H,6,9-14,18H2,1-5H3. The molecule has 3 heterocycles. The molecule has 1 aliphatic heterocycles. The van der Waals surface area contributed by atoms with Crippen molar-refractivity contribution >= 4 is 34.8 Å². The summed E-state index contributed by atoms with van der Waals surface area (Å²) in [5.74, 6) is 1.53. The zero-order valence-corrected chi connectivity index (χ0v) is 23.6. The topological polar surface area (TPSA) is 103 Å². The van der Waals surface area contributed by atoms with Crippen LogP contribution in [0.1, 0.15) is 6.92 Å². The summed E-state index contributed by atoms with van der Waals surface area (Å²) >= 11 is 0. The minimum atomic E-state index is -3.20. The fourth-order valence-electron chi connectivity index (χ4n) is 4.16. The number of sulfonamides is 1. The maximum atomic E-state index is 11.9. The van der Waals surface area contributed by atoms with Crippen LogP contribution < -0.4 is 9.64 Å². The molecule has 4 rings (SSSR count). The minimum Gasteiger partial charge on any atom is -0.494 e. The summed E-state index contributed by atoms with van der Waals surface area (Å²) in [7, 11) is -4.40. The van der Waals surface area contributed by atoms with Gasteiger partial charge < -0.3 is 14.4 Å². The molecule has 0 N–H and O–H groups in total. The highest BCUT2D eigenvalue weighted by atomic mass is 32.2. The van der Waals surface area contributed by atoms with E-state index < -0.39 is 18.1 Å². The minimum absolute atomic E-state index is 0.324. The lowest BCUT2D eigenvalue weighted by Gasteiger charge is -2.34. The molecule has 0 unspecified atom stereocenters. The first-order valence-electron chi connectivity index (χ1n) is 12.3.